The minimum Gasteiger partial charge on any atom is -0.388 e. The van der Waals surface area contributed by atoms with Crippen LogP contribution < -0.4 is 5.73 Å². The number of nitrogens with zero attached hydrogens (tertiary/aromatic N) is 1. The summed E-state index contributed by atoms with van der Waals surface area (Å²) in [5.41, 5.74) is 4.50. The molecule has 0 saturated carbocycles. The van der Waals surface area contributed by atoms with Gasteiger partial charge in [0.05, 0.1) is 11.0 Å². The molecule has 1 heterocycles. The topological polar surface area (TPSA) is 75.8 Å². The zero-order valence-corrected chi connectivity index (χ0v) is 12.4. The molecule has 112 valence electrons. The standard InChI is InChI=1S/C14H28N2O3/c1-4-13(5-2,10-15)12(17)16(3)11-14(18)6-8-19-9-7-14/h18H,4-11,15H2,1-3H3. The van der Waals surface area contributed by atoms with Crippen molar-refractivity contribution in [1.82, 2.24) is 4.90 Å². The van der Waals surface area contributed by atoms with Gasteiger partial charge in [-0.15, -0.1) is 0 Å². The Morgan fingerprint density at radius 1 is 1.37 bits per heavy atom. The average Bonchev–Trinajstić information content (AvgIpc) is 2.41. The van der Waals surface area contributed by atoms with Gasteiger partial charge in [0.15, 0.2) is 0 Å². The van der Waals surface area contributed by atoms with E-state index < -0.39 is 11.0 Å². The van der Waals surface area contributed by atoms with Gasteiger partial charge in [-0.1, -0.05) is 13.8 Å². The first-order chi connectivity index (χ1) is 8.93. The van der Waals surface area contributed by atoms with Crippen molar-refractivity contribution in [3.63, 3.8) is 0 Å². The summed E-state index contributed by atoms with van der Waals surface area (Å²) in [4.78, 5) is 14.2. The zero-order valence-electron chi connectivity index (χ0n) is 12.4. The second-order valence-electron chi connectivity index (χ2n) is 5.69. The van der Waals surface area contributed by atoms with Crippen LogP contribution in [0.2, 0.25) is 0 Å². The Morgan fingerprint density at radius 2 is 1.89 bits per heavy atom. The molecule has 3 N–H and O–H groups in total. The zero-order chi connectivity index (χ0) is 14.5. The lowest BCUT2D eigenvalue weighted by atomic mass is 9.80. The molecule has 1 rings (SSSR count). The molecular formula is C14H28N2O3. The summed E-state index contributed by atoms with van der Waals surface area (Å²) >= 11 is 0. The van der Waals surface area contributed by atoms with Crippen molar-refractivity contribution in [3.8, 4) is 0 Å². The number of amides is 1. The molecule has 0 aromatic heterocycles. The molecule has 1 aliphatic rings. The van der Waals surface area contributed by atoms with E-state index in [1.807, 2.05) is 13.8 Å². The molecule has 0 unspecified atom stereocenters. The van der Waals surface area contributed by atoms with Crippen LogP contribution in [-0.2, 0) is 9.53 Å². The second-order valence-corrected chi connectivity index (χ2v) is 5.69. The van der Waals surface area contributed by atoms with Crippen molar-refractivity contribution in [2.45, 2.75) is 45.1 Å². The number of nitrogens with two attached hydrogens (primary N) is 1. The second kappa shape index (κ2) is 6.68. The van der Waals surface area contributed by atoms with Crippen LogP contribution in [0.1, 0.15) is 39.5 Å². The van der Waals surface area contributed by atoms with E-state index in [2.05, 4.69) is 0 Å². The van der Waals surface area contributed by atoms with Gasteiger partial charge in [-0.3, -0.25) is 4.79 Å². The van der Waals surface area contributed by atoms with Gasteiger partial charge in [-0.25, -0.2) is 0 Å². The third kappa shape index (κ3) is 3.68. The number of carbonyl (C=O) groups excluding carboxylic acids is 1. The fourth-order valence-corrected chi connectivity index (χ4v) is 2.76. The molecule has 0 atom stereocenters. The number of hydrogen-bond donors (Lipinski definition) is 2. The Balaban J connectivity index is 2.70. The monoisotopic (exact) mass is 272 g/mol. The lowest BCUT2D eigenvalue weighted by Crippen LogP contribution is -2.52. The molecule has 1 saturated heterocycles. The van der Waals surface area contributed by atoms with E-state index in [9.17, 15) is 9.90 Å². The predicted molar refractivity (Wildman–Crippen MR) is 74.7 cm³/mol. The summed E-state index contributed by atoms with van der Waals surface area (Å²) in [6.45, 7) is 5.81. The summed E-state index contributed by atoms with van der Waals surface area (Å²) in [7, 11) is 1.76. The van der Waals surface area contributed by atoms with Gasteiger partial charge in [0.2, 0.25) is 5.91 Å². The first-order valence-corrected chi connectivity index (χ1v) is 7.19. The molecule has 5 nitrogen and oxygen atoms in total. The van der Waals surface area contributed by atoms with Crippen LogP contribution >= 0.6 is 0 Å². The van der Waals surface area contributed by atoms with Gasteiger partial charge >= 0.3 is 0 Å². The summed E-state index contributed by atoms with van der Waals surface area (Å²) in [6.07, 6.45) is 2.62. The van der Waals surface area contributed by atoms with Crippen molar-refractivity contribution in [3.05, 3.63) is 0 Å². The fourth-order valence-electron chi connectivity index (χ4n) is 2.76. The number of hydrogen-bond acceptors (Lipinski definition) is 4. The van der Waals surface area contributed by atoms with Gasteiger partial charge in [-0.2, -0.15) is 0 Å². The number of aliphatic hydroxyl groups is 1. The Kier molecular flexibility index (Phi) is 5.77. The van der Waals surface area contributed by atoms with E-state index in [1.54, 1.807) is 11.9 Å². The lowest BCUT2D eigenvalue weighted by molar-refractivity contribution is -0.147. The minimum absolute atomic E-state index is 0.0416. The van der Waals surface area contributed by atoms with Crippen LogP contribution in [0.25, 0.3) is 0 Å². The Morgan fingerprint density at radius 3 is 2.32 bits per heavy atom. The molecule has 1 aliphatic heterocycles. The number of carbonyl (C=O) groups is 1. The quantitative estimate of drug-likeness (QED) is 0.748. The van der Waals surface area contributed by atoms with E-state index in [0.717, 1.165) is 12.8 Å². The van der Waals surface area contributed by atoms with Gasteiger partial charge in [0.25, 0.3) is 0 Å². The Hall–Kier alpha value is -0.650. The summed E-state index contributed by atoms with van der Waals surface area (Å²) in [6, 6.07) is 0. The molecule has 0 aromatic rings. The van der Waals surface area contributed by atoms with Gasteiger partial charge in [0.1, 0.15) is 0 Å². The van der Waals surface area contributed by atoms with Gasteiger partial charge in [-0.05, 0) is 12.8 Å². The molecular weight excluding hydrogens is 244 g/mol. The molecule has 1 amide bonds. The van der Waals surface area contributed by atoms with E-state index >= 15 is 0 Å². The lowest BCUT2D eigenvalue weighted by Gasteiger charge is -2.39. The van der Waals surface area contributed by atoms with Crippen molar-refractivity contribution >= 4 is 5.91 Å². The number of ether oxygens (including phenoxy) is 1. The summed E-state index contributed by atoms with van der Waals surface area (Å²) in [5, 5.41) is 10.5. The van der Waals surface area contributed by atoms with Crippen LogP contribution in [-0.4, -0.2) is 54.9 Å². The van der Waals surface area contributed by atoms with Crippen LogP contribution in [0.4, 0.5) is 0 Å². The third-order valence-corrected chi connectivity index (χ3v) is 4.50. The van der Waals surface area contributed by atoms with E-state index in [1.165, 1.54) is 0 Å². The summed E-state index contributed by atoms with van der Waals surface area (Å²) < 4.78 is 5.25. The molecule has 0 aromatic carbocycles. The highest BCUT2D eigenvalue weighted by Gasteiger charge is 2.39. The SMILES string of the molecule is CCC(CC)(CN)C(=O)N(C)CC1(O)CCOCC1. The highest BCUT2D eigenvalue weighted by atomic mass is 16.5. The fraction of sp³-hybridized carbons (Fsp3) is 0.929. The first kappa shape index (κ1) is 16.4. The van der Waals surface area contributed by atoms with Crippen LogP contribution in [0.15, 0.2) is 0 Å². The van der Waals surface area contributed by atoms with Crippen LogP contribution in [0.3, 0.4) is 0 Å². The maximum atomic E-state index is 12.6. The van der Waals surface area contributed by atoms with Crippen molar-refractivity contribution in [2.24, 2.45) is 11.1 Å². The van der Waals surface area contributed by atoms with E-state index in [4.69, 9.17) is 10.5 Å². The summed E-state index contributed by atoms with van der Waals surface area (Å²) in [5.74, 6) is 0.0416. The van der Waals surface area contributed by atoms with Crippen molar-refractivity contribution in [2.75, 3.05) is 33.4 Å². The minimum atomic E-state index is -0.815. The molecule has 19 heavy (non-hydrogen) atoms. The molecule has 0 radical (unpaired) electrons. The maximum absolute atomic E-state index is 12.6. The highest BCUT2D eigenvalue weighted by Crippen LogP contribution is 2.29. The molecule has 1 fully saturated rings. The van der Waals surface area contributed by atoms with Gasteiger partial charge in [0, 0.05) is 46.2 Å². The number of likely N-dealkylation sites (N-methyl/N-ethyl adjacent to an activating group) is 1. The molecule has 0 aliphatic carbocycles. The van der Waals surface area contributed by atoms with Crippen LogP contribution in [0, 0.1) is 5.41 Å². The Labute approximate surface area is 116 Å². The maximum Gasteiger partial charge on any atom is 0.229 e. The molecule has 0 spiro atoms. The van der Waals surface area contributed by atoms with Crippen molar-refractivity contribution < 1.29 is 14.6 Å². The van der Waals surface area contributed by atoms with Crippen molar-refractivity contribution in [1.29, 1.82) is 0 Å². The highest BCUT2D eigenvalue weighted by molar-refractivity contribution is 5.82. The van der Waals surface area contributed by atoms with Gasteiger partial charge < -0.3 is 20.5 Å². The molecule has 5 heteroatoms. The largest absolute Gasteiger partial charge is 0.388 e. The van der Waals surface area contributed by atoms with E-state index in [-0.39, 0.29) is 5.91 Å². The van der Waals surface area contributed by atoms with E-state index in [0.29, 0.717) is 39.1 Å². The van der Waals surface area contributed by atoms with Crippen LogP contribution in [0.5, 0.6) is 0 Å². The first-order valence-electron chi connectivity index (χ1n) is 7.19. The number of rotatable bonds is 6. The molecule has 0 bridgehead atoms. The normalized spacial score (nSPS) is 19.2. The Bertz CT molecular complexity index is 289. The smallest absolute Gasteiger partial charge is 0.229 e. The third-order valence-electron chi connectivity index (χ3n) is 4.50. The average molecular weight is 272 g/mol. The predicted octanol–water partition coefficient (Wildman–Crippen LogP) is 0.751.